The molecule has 1 aliphatic heterocycles. The molecule has 0 aliphatic carbocycles. The van der Waals surface area contributed by atoms with Gasteiger partial charge in [-0.05, 0) is 50.7 Å². The van der Waals surface area contributed by atoms with Crippen LogP contribution in [-0.2, 0) is 0 Å². The Morgan fingerprint density at radius 2 is 2.33 bits per heavy atom. The minimum absolute atomic E-state index is 0.167. The molecule has 3 nitrogen and oxygen atoms in total. The van der Waals surface area contributed by atoms with E-state index in [1.165, 1.54) is 6.07 Å². The summed E-state index contributed by atoms with van der Waals surface area (Å²) in [6.45, 7) is 2.62. The van der Waals surface area contributed by atoms with Gasteiger partial charge in [-0.1, -0.05) is 0 Å². The van der Waals surface area contributed by atoms with E-state index in [1.54, 1.807) is 19.2 Å². The number of likely N-dealkylation sites (tertiary alicyclic amines) is 1. The molecule has 1 saturated heterocycles. The maximum atomic E-state index is 13.4. The van der Waals surface area contributed by atoms with Crippen LogP contribution < -0.4 is 10.5 Å². The Balaban J connectivity index is 2.29. The molecule has 0 aromatic heterocycles. The molecule has 1 aromatic carbocycles. The van der Waals surface area contributed by atoms with Crippen LogP contribution in [-0.4, -0.2) is 38.7 Å². The van der Waals surface area contributed by atoms with Gasteiger partial charge in [-0.15, -0.1) is 0 Å². The fraction of sp³-hybridized carbons (Fsp3) is 0.571. The van der Waals surface area contributed by atoms with E-state index in [0.717, 1.165) is 30.8 Å². The van der Waals surface area contributed by atoms with Gasteiger partial charge >= 0.3 is 0 Å². The summed E-state index contributed by atoms with van der Waals surface area (Å²) in [4.78, 5) is 2.29. The normalized spacial score (nSPS) is 22.1. The molecule has 2 atom stereocenters. The van der Waals surface area contributed by atoms with Crippen LogP contribution in [0.25, 0.3) is 0 Å². The molecule has 0 amide bonds. The number of nitrogens with zero attached hydrogens (tertiary/aromatic N) is 1. The largest absolute Gasteiger partial charge is 0.496 e. The molecule has 100 valence electrons. The quantitative estimate of drug-likeness (QED) is 0.888. The summed E-state index contributed by atoms with van der Waals surface area (Å²) in [6, 6.07) is 4.68. The first kappa shape index (κ1) is 13.3. The van der Waals surface area contributed by atoms with Crippen molar-refractivity contribution in [1.82, 2.24) is 4.90 Å². The van der Waals surface area contributed by atoms with Crippen molar-refractivity contribution in [1.29, 1.82) is 0 Å². The van der Waals surface area contributed by atoms with Gasteiger partial charge < -0.3 is 15.4 Å². The molecule has 1 aliphatic rings. The molecule has 1 fully saturated rings. The van der Waals surface area contributed by atoms with Gasteiger partial charge in [0.2, 0.25) is 0 Å². The van der Waals surface area contributed by atoms with Crippen molar-refractivity contribution in [3.63, 3.8) is 0 Å². The highest BCUT2D eigenvalue weighted by Crippen LogP contribution is 2.36. The topological polar surface area (TPSA) is 38.5 Å². The van der Waals surface area contributed by atoms with Crippen molar-refractivity contribution in [3.05, 3.63) is 29.6 Å². The SMILES string of the molecule is COc1ccc(F)cc1C(CN)C1CCN(C)C1. The van der Waals surface area contributed by atoms with Gasteiger partial charge in [0.1, 0.15) is 11.6 Å². The summed E-state index contributed by atoms with van der Waals surface area (Å²) >= 11 is 0. The molecular weight excluding hydrogens is 231 g/mol. The summed E-state index contributed by atoms with van der Waals surface area (Å²) < 4.78 is 18.8. The number of benzene rings is 1. The minimum atomic E-state index is -0.226. The van der Waals surface area contributed by atoms with E-state index < -0.39 is 0 Å². The molecule has 2 unspecified atom stereocenters. The molecule has 1 aromatic rings. The van der Waals surface area contributed by atoms with Gasteiger partial charge in [-0.2, -0.15) is 0 Å². The first-order valence-electron chi connectivity index (χ1n) is 6.37. The van der Waals surface area contributed by atoms with E-state index in [1.807, 2.05) is 0 Å². The third-order valence-corrected chi connectivity index (χ3v) is 3.84. The maximum Gasteiger partial charge on any atom is 0.123 e. The number of hydrogen-bond acceptors (Lipinski definition) is 3. The molecule has 0 saturated carbocycles. The van der Waals surface area contributed by atoms with E-state index in [2.05, 4.69) is 11.9 Å². The van der Waals surface area contributed by atoms with Crippen molar-refractivity contribution in [3.8, 4) is 5.75 Å². The van der Waals surface area contributed by atoms with Crippen LogP contribution in [0.1, 0.15) is 17.9 Å². The Kier molecular flexibility index (Phi) is 4.19. The Morgan fingerprint density at radius 1 is 1.56 bits per heavy atom. The van der Waals surface area contributed by atoms with Crippen LogP contribution in [0.3, 0.4) is 0 Å². The third kappa shape index (κ3) is 2.65. The lowest BCUT2D eigenvalue weighted by molar-refractivity contribution is 0.359. The lowest BCUT2D eigenvalue weighted by atomic mass is 9.85. The van der Waals surface area contributed by atoms with Crippen molar-refractivity contribution in [2.24, 2.45) is 11.7 Å². The molecule has 2 rings (SSSR count). The molecule has 2 N–H and O–H groups in total. The van der Waals surface area contributed by atoms with E-state index >= 15 is 0 Å². The summed E-state index contributed by atoms with van der Waals surface area (Å²) in [6.07, 6.45) is 1.11. The summed E-state index contributed by atoms with van der Waals surface area (Å²) in [5.74, 6) is 1.16. The standard InChI is InChI=1S/C14H21FN2O/c1-17-6-5-10(9-17)13(8-16)12-7-11(15)3-4-14(12)18-2/h3-4,7,10,13H,5-6,8-9,16H2,1-2H3. The predicted molar refractivity (Wildman–Crippen MR) is 70.4 cm³/mol. The van der Waals surface area contributed by atoms with Gasteiger partial charge in [-0.3, -0.25) is 0 Å². The second-order valence-electron chi connectivity index (χ2n) is 5.04. The number of halogens is 1. The zero-order chi connectivity index (χ0) is 13.1. The first-order chi connectivity index (χ1) is 8.65. The van der Waals surface area contributed by atoms with Gasteiger partial charge in [0.05, 0.1) is 7.11 Å². The van der Waals surface area contributed by atoms with E-state index in [4.69, 9.17) is 10.5 Å². The van der Waals surface area contributed by atoms with Crippen molar-refractivity contribution >= 4 is 0 Å². The van der Waals surface area contributed by atoms with Gasteiger partial charge in [0, 0.05) is 18.0 Å². The van der Waals surface area contributed by atoms with Crippen LogP contribution in [0.2, 0.25) is 0 Å². The molecule has 0 spiro atoms. The summed E-state index contributed by atoms with van der Waals surface area (Å²) in [7, 11) is 3.72. The van der Waals surface area contributed by atoms with Crippen molar-refractivity contribution in [2.45, 2.75) is 12.3 Å². The summed E-state index contributed by atoms with van der Waals surface area (Å²) in [5, 5.41) is 0. The smallest absolute Gasteiger partial charge is 0.123 e. The number of hydrogen-bond donors (Lipinski definition) is 1. The van der Waals surface area contributed by atoms with Crippen LogP contribution in [0, 0.1) is 11.7 Å². The molecular formula is C14H21FN2O. The van der Waals surface area contributed by atoms with Gasteiger partial charge in [-0.25, -0.2) is 4.39 Å². The average Bonchev–Trinajstić information content (AvgIpc) is 2.77. The Morgan fingerprint density at radius 3 is 2.89 bits per heavy atom. The number of ether oxygens (including phenoxy) is 1. The van der Waals surface area contributed by atoms with Crippen LogP contribution >= 0.6 is 0 Å². The first-order valence-corrected chi connectivity index (χ1v) is 6.37. The maximum absolute atomic E-state index is 13.4. The number of nitrogens with two attached hydrogens (primary N) is 1. The Hall–Kier alpha value is -1.13. The number of rotatable bonds is 4. The molecule has 18 heavy (non-hydrogen) atoms. The van der Waals surface area contributed by atoms with Crippen LogP contribution in [0.5, 0.6) is 5.75 Å². The fourth-order valence-corrected chi connectivity index (χ4v) is 2.87. The average molecular weight is 252 g/mol. The van der Waals surface area contributed by atoms with Gasteiger partial charge in [0.25, 0.3) is 0 Å². The highest BCUT2D eigenvalue weighted by molar-refractivity contribution is 5.37. The highest BCUT2D eigenvalue weighted by atomic mass is 19.1. The molecule has 0 bridgehead atoms. The fourth-order valence-electron chi connectivity index (χ4n) is 2.87. The van der Waals surface area contributed by atoms with E-state index in [9.17, 15) is 4.39 Å². The molecule has 0 radical (unpaired) electrons. The molecule has 1 heterocycles. The number of methoxy groups -OCH3 is 1. The lowest BCUT2D eigenvalue weighted by Crippen LogP contribution is -2.24. The predicted octanol–water partition coefficient (Wildman–Crippen LogP) is 1.83. The van der Waals surface area contributed by atoms with E-state index in [0.29, 0.717) is 12.5 Å². The lowest BCUT2D eigenvalue weighted by Gasteiger charge is -2.24. The van der Waals surface area contributed by atoms with Crippen molar-refractivity contribution in [2.75, 3.05) is 33.8 Å². The zero-order valence-electron chi connectivity index (χ0n) is 11.0. The van der Waals surface area contributed by atoms with Gasteiger partial charge in [0.15, 0.2) is 0 Å². The van der Waals surface area contributed by atoms with Crippen molar-refractivity contribution < 1.29 is 9.13 Å². The molecule has 4 heteroatoms. The Labute approximate surface area is 108 Å². The minimum Gasteiger partial charge on any atom is -0.496 e. The highest BCUT2D eigenvalue weighted by Gasteiger charge is 2.29. The van der Waals surface area contributed by atoms with Crippen LogP contribution in [0.4, 0.5) is 4.39 Å². The summed E-state index contributed by atoms with van der Waals surface area (Å²) in [5.41, 5.74) is 6.81. The zero-order valence-corrected chi connectivity index (χ0v) is 11.0. The monoisotopic (exact) mass is 252 g/mol. The Bertz CT molecular complexity index is 411. The second kappa shape index (κ2) is 5.67. The third-order valence-electron chi connectivity index (χ3n) is 3.84. The van der Waals surface area contributed by atoms with Crippen LogP contribution in [0.15, 0.2) is 18.2 Å². The van der Waals surface area contributed by atoms with E-state index in [-0.39, 0.29) is 11.7 Å². The second-order valence-corrected chi connectivity index (χ2v) is 5.04.